The van der Waals surface area contributed by atoms with Gasteiger partial charge in [0.15, 0.2) is 0 Å². The maximum atomic E-state index is 5.73. The van der Waals surface area contributed by atoms with Gasteiger partial charge in [0.05, 0.1) is 12.3 Å². The number of para-hydroxylation sites is 1. The third-order valence-electron chi connectivity index (χ3n) is 2.70. The number of ether oxygens (including phenoxy) is 2. The minimum absolute atomic E-state index is 0.445. The maximum absolute atomic E-state index is 5.73. The molecule has 0 saturated carbocycles. The summed E-state index contributed by atoms with van der Waals surface area (Å²) in [7, 11) is 0. The van der Waals surface area contributed by atoms with Gasteiger partial charge in [-0.1, -0.05) is 12.1 Å². The fourth-order valence-electron chi connectivity index (χ4n) is 1.76. The smallest absolute Gasteiger partial charge is 0.128 e. The molecular weight excluding hydrogens is 242 g/mol. The Balaban J connectivity index is 2.11. The minimum atomic E-state index is 0.445. The Morgan fingerprint density at radius 1 is 1.26 bits per heavy atom. The fraction of sp³-hybridized carbons (Fsp3) is 0.357. The fourth-order valence-corrected chi connectivity index (χ4v) is 1.76. The zero-order chi connectivity index (χ0) is 13.5. The van der Waals surface area contributed by atoms with Crippen molar-refractivity contribution < 1.29 is 9.47 Å². The predicted molar refractivity (Wildman–Crippen MR) is 73.9 cm³/mol. The number of H-pyrrole nitrogens is 1. The molecule has 0 bridgehead atoms. The first-order chi connectivity index (χ1) is 9.35. The Hall–Kier alpha value is -1.85. The van der Waals surface area contributed by atoms with Crippen LogP contribution in [0.5, 0.6) is 5.75 Å². The summed E-state index contributed by atoms with van der Waals surface area (Å²) in [6, 6.07) is 9.74. The maximum Gasteiger partial charge on any atom is 0.128 e. The third-order valence-corrected chi connectivity index (χ3v) is 2.70. The molecule has 0 spiro atoms. The quantitative estimate of drug-likeness (QED) is 0.747. The molecule has 3 N–H and O–H groups in total. The summed E-state index contributed by atoms with van der Waals surface area (Å²) >= 11 is 0. The molecular formula is C14H19N3O2. The molecule has 2 rings (SSSR count). The van der Waals surface area contributed by atoms with E-state index in [4.69, 9.17) is 15.2 Å². The van der Waals surface area contributed by atoms with Gasteiger partial charge in [-0.3, -0.25) is 5.10 Å². The normalized spacial score (nSPS) is 10.6. The van der Waals surface area contributed by atoms with Gasteiger partial charge in [0.1, 0.15) is 12.4 Å². The van der Waals surface area contributed by atoms with Crippen molar-refractivity contribution in [3.63, 3.8) is 0 Å². The zero-order valence-electron chi connectivity index (χ0n) is 11.1. The van der Waals surface area contributed by atoms with Crippen LogP contribution in [0.2, 0.25) is 0 Å². The molecule has 5 nitrogen and oxygen atoms in total. The van der Waals surface area contributed by atoms with Crippen LogP contribution in [-0.2, 0) is 11.3 Å². The van der Waals surface area contributed by atoms with Gasteiger partial charge in [0.25, 0.3) is 0 Å². The molecule has 0 fully saturated rings. The molecule has 0 radical (unpaired) electrons. The van der Waals surface area contributed by atoms with E-state index in [9.17, 15) is 0 Å². The summed E-state index contributed by atoms with van der Waals surface area (Å²) in [6.07, 6.45) is 0. The number of rotatable bonds is 7. The lowest BCUT2D eigenvalue weighted by molar-refractivity contribution is 0.110. The first kappa shape index (κ1) is 13.6. The number of nitrogens with one attached hydrogen (secondary N) is 1. The molecule has 1 heterocycles. The monoisotopic (exact) mass is 261 g/mol. The Bertz CT molecular complexity index is 511. The SMILES string of the molecule is CCOCCOc1ccccc1-c1cc(CN)[nH]n1. The van der Waals surface area contributed by atoms with E-state index >= 15 is 0 Å². The van der Waals surface area contributed by atoms with E-state index < -0.39 is 0 Å². The minimum Gasteiger partial charge on any atom is -0.490 e. The van der Waals surface area contributed by atoms with Crippen LogP contribution in [0.3, 0.4) is 0 Å². The second-order valence-electron chi connectivity index (χ2n) is 4.02. The number of aromatic nitrogens is 2. The highest BCUT2D eigenvalue weighted by atomic mass is 16.5. The first-order valence-electron chi connectivity index (χ1n) is 6.39. The molecule has 0 atom stereocenters. The van der Waals surface area contributed by atoms with Crippen molar-refractivity contribution >= 4 is 0 Å². The first-order valence-corrected chi connectivity index (χ1v) is 6.39. The molecule has 5 heteroatoms. The lowest BCUT2D eigenvalue weighted by Crippen LogP contribution is -2.06. The number of nitrogens with zero attached hydrogens (tertiary/aromatic N) is 1. The standard InChI is InChI=1S/C14H19N3O2/c1-2-18-7-8-19-14-6-4-3-5-12(14)13-9-11(10-15)16-17-13/h3-6,9H,2,7-8,10,15H2,1H3,(H,16,17). The third kappa shape index (κ3) is 3.56. The lowest BCUT2D eigenvalue weighted by Gasteiger charge is -2.09. The molecule has 0 saturated heterocycles. The van der Waals surface area contributed by atoms with Gasteiger partial charge in [-0.25, -0.2) is 0 Å². The van der Waals surface area contributed by atoms with Crippen LogP contribution in [-0.4, -0.2) is 30.0 Å². The summed E-state index contributed by atoms with van der Waals surface area (Å²) < 4.78 is 11.0. The molecule has 19 heavy (non-hydrogen) atoms. The number of nitrogens with two attached hydrogens (primary N) is 1. The van der Waals surface area contributed by atoms with Gasteiger partial charge in [0, 0.05) is 24.4 Å². The second kappa shape index (κ2) is 6.92. The molecule has 0 aliphatic carbocycles. The van der Waals surface area contributed by atoms with Crippen molar-refractivity contribution in [2.24, 2.45) is 5.73 Å². The van der Waals surface area contributed by atoms with Crippen LogP contribution in [0.4, 0.5) is 0 Å². The van der Waals surface area contributed by atoms with Crippen molar-refractivity contribution in [3.8, 4) is 17.0 Å². The molecule has 0 aliphatic heterocycles. The van der Waals surface area contributed by atoms with Gasteiger partial charge in [-0.2, -0.15) is 5.10 Å². The van der Waals surface area contributed by atoms with Gasteiger partial charge in [-0.15, -0.1) is 0 Å². The zero-order valence-corrected chi connectivity index (χ0v) is 11.1. The molecule has 0 aliphatic rings. The molecule has 0 amide bonds. The number of hydrogen-bond donors (Lipinski definition) is 2. The van der Waals surface area contributed by atoms with E-state index in [0.717, 1.165) is 22.7 Å². The molecule has 1 aromatic carbocycles. The summed E-state index contributed by atoms with van der Waals surface area (Å²) in [5.74, 6) is 0.803. The Morgan fingerprint density at radius 2 is 2.11 bits per heavy atom. The average Bonchev–Trinajstić information content (AvgIpc) is 2.93. The Labute approximate surface area is 112 Å². The highest BCUT2D eigenvalue weighted by molar-refractivity contribution is 5.67. The van der Waals surface area contributed by atoms with Crippen molar-refractivity contribution in [3.05, 3.63) is 36.0 Å². The van der Waals surface area contributed by atoms with E-state index in [-0.39, 0.29) is 0 Å². The summed E-state index contributed by atoms with van der Waals surface area (Å²) in [5, 5.41) is 7.15. The highest BCUT2D eigenvalue weighted by Crippen LogP contribution is 2.28. The number of hydrogen-bond acceptors (Lipinski definition) is 4. The molecule has 1 aromatic heterocycles. The van der Waals surface area contributed by atoms with Crippen LogP contribution in [0.15, 0.2) is 30.3 Å². The largest absolute Gasteiger partial charge is 0.490 e. The van der Waals surface area contributed by atoms with E-state index in [2.05, 4.69) is 10.2 Å². The van der Waals surface area contributed by atoms with Crippen molar-refractivity contribution in [1.29, 1.82) is 0 Å². The molecule has 102 valence electrons. The van der Waals surface area contributed by atoms with Crippen LogP contribution in [0.25, 0.3) is 11.3 Å². The van der Waals surface area contributed by atoms with Crippen LogP contribution in [0, 0.1) is 0 Å². The van der Waals surface area contributed by atoms with E-state index in [1.54, 1.807) is 0 Å². The number of aromatic amines is 1. The molecule has 2 aromatic rings. The van der Waals surface area contributed by atoms with E-state index in [1.165, 1.54) is 0 Å². The van der Waals surface area contributed by atoms with Gasteiger partial charge in [0.2, 0.25) is 0 Å². The van der Waals surface area contributed by atoms with Crippen LogP contribution < -0.4 is 10.5 Å². The summed E-state index contributed by atoms with van der Waals surface area (Å²) in [6.45, 7) is 4.22. The van der Waals surface area contributed by atoms with Gasteiger partial charge < -0.3 is 15.2 Å². The topological polar surface area (TPSA) is 73.2 Å². The summed E-state index contributed by atoms with van der Waals surface area (Å²) in [4.78, 5) is 0. The van der Waals surface area contributed by atoms with Crippen molar-refractivity contribution in [2.45, 2.75) is 13.5 Å². The summed E-state index contributed by atoms with van der Waals surface area (Å²) in [5.41, 5.74) is 8.27. The second-order valence-corrected chi connectivity index (χ2v) is 4.02. The predicted octanol–water partition coefficient (Wildman–Crippen LogP) is 1.95. The van der Waals surface area contributed by atoms with Gasteiger partial charge in [-0.05, 0) is 25.1 Å². The van der Waals surface area contributed by atoms with Crippen LogP contribution >= 0.6 is 0 Å². The Kier molecular flexibility index (Phi) is 4.94. The lowest BCUT2D eigenvalue weighted by atomic mass is 10.1. The number of benzene rings is 1. The van der Waals surface area contributed by atoms with Gasteiger partial charge >= 0.3 is 0 Å². The highest BCUT2D eigenvalue weighted by Gasteiger charge is 2.09. The van der Waals surface area contributed by atoms with E-state index in [1.807, 2.05) is 37.3 Å². The van der Waals surface area contributed by atoms with E-state index in [0.29, 0.717) is 26.4 Å². The average molecular weight is 261 g/mol. The Morgan fingerprint density at radius 3 is 2.84 bits per heavy atom. The van der Waals surface area contributed by atoms with Crippen molar-refractivity contribution in [1.82, 2.24) is 10.2 Å². The van der Waals surface area contributed by atoms with Crippen molar-refractivity contribution in [2.75, 3.05) is 19.8 Å². The van der Waals surface area contributed by atoms with Crippen LogP contribution in [0.1, 0.15) is 12.6 Å². The molecule has 0 unspecified atom stereocenters.